The molecule has 1 aromatic rings. The molecule has 0 N–H and O–H groups in total. The third-order valence-electron chi connectivity index (χ3n) is 3.33. The van der Waals surface area contributed by atoms with Crippen molar-refractivity contribution >= 4 is 12.0 Å². The molecule has 98 valence electrons. The minimum atomic E-state index is 0.723. The van der Waals surface area contributed by atoms with Crippen molar-refractivity contribution in [1.82, 2.24) is 4.90 Å². The first-order chi connectivity index (χ1) is 8.79. The highest BCUT2D eigenvalue weighted by atomic mass is 16.5. The van der Waals surface area contributed by atoms with Gasteiger partial charge in [0.25, 0.3) is 0 Å². The van der Waals surface area contributed by atoms with Gasteiger partial charge in [0.15, 0.2) is 0 Å². The molecule has 4 nitrogen and oxygen atoms in total. The van der Waals surface area contributed by atoms with Crippen LogP contribution in [0.25, 0.3) is 0 Å². The molecule has 4 heteroatoms. The molecule has 0 amide bonds. The van der Waals surface area contributed by atoms with Gasteiger partial charge < -0.3 is 9.64 Å². The Bertz CT molecular complexity index is 372. The number of morpholine rings is 1. The van der Waals surface area contributed by atoms with Crippen LogP contribution in [0.1, 0.15) is 10.4 Å². The molecule has 0 atom stereocenters. The molecule has 1 saturated heterocycles. The Balaban J connectivity index is 1.82. The van der Waals surface area contributed by atoms with Crippen molar-refractivity contribution in [3.8, 4) is 0 Å². The van der Waals surface area contributed by atoms with Crippen molar-refractivity contribution in [2.24, 2.45) is 0 Å². The summed E-state index contributed by atoms with van der Waals surface area (Å²) in [7, 11) is 2.08. The monoisotopic (exact) mass is 248 g/mol. The van der Waals surface area contributed by atoms with Gasteiger partial charge in [-0.25, -0.2) is 0 Å². The second kappa shape index (κ2) is 6.52. The first-order valence-electron chi connectivity index (χ1n) is 6.36. The number of benzene rings is 1. The van der Waals surface area contributed by atoms with E-state index in [1.807, 2.05) is 24.3 Å². The third-order valence-corrected chi connectivity index (χ3v) is 3.33. The molecule has 1 heterocycles. The van der Waals surface area contributed by atoms with E-state index in [1.54, 1.807) is 0 Å². The van der Waals surface area contributed by atoms with Gasteiger partial charge >= 0.3 is 0 Å². The highest BCUT2D eigenvalue weighted by Gasteiger charge is 2.10. The second-order valence-electron chi connectivity index (χ2n) is 4.58. The van der Waals surface area contributed by atoms with Gasteiger partial charge in [-0.15, -0.1) is 0 Å². The smallest absolute Gasteiger partial charge is 0.150 e. The van der Waals surface area contributed by atoms with Crippen LogP contribution in [0.4, 0.5) is 5.69 Å². The third kappa shape index (κ3) is 3.55. The average molecular weight is 248 g/mol. The molecule has 0 aromatic heterocycles. The molecule has 1 aliphatic rings. The Morgan fingerprint density at radius 3 is 2.56 bits per heavy atom. The lowest BCUT2D eigenvalue weighted by molar-refractivity contribution is 0.0393. The number of hydrogen-bond acceptors (Lipinski definition) is 4. The lowest BCUT2D eigenvalue weighted by atomic mass is 10.2. The van der Waals surface area contributed by atoms with Gasteiger partial charge in [-0.05, 0) is 24.3 Å². The SMILES string of the molecule is CN(CCN1CCOCC1)c1ccc(C=O)cc1. The van der Waals surface area contributed by atoms with Crippen molar-refractivity contribution in [2.45, 2.75) is 0 Å². The van der Waals surface area contributed by atoms with Crippen LogP contribution in [0.2, 0.25) is 0 Å². The summed E-state index contributed by atoms with van der Waals surface area (Å²) in [5.74, 6) is 0. The molecule has 0 saturated carbocycles. The summed E-state index contributed by atoms with van der Waals surface area (Å²) in [5, 5.41) is 0. The van der Waals surface area contributed by atoms with E-state index in [4.69, 9.17) is 4.74 Å². The number of anilines is 1. The molecule has 1 aliphatic heterocycles. The molecule has 0 radical (unpaired) electrons. The fourth-order valence-electron chi connectivity index (χ4n) is 2.05. The second-order valence-corrected chi connectivity index (χ2v) is 4.58. The fourth-order valence-corrected chi connectivity index (χ4v) is 2.05. The number of carbonyl (C=O) groups excluding carboxylic acids is 1. The quantitative estimate of drug-likeness (QED) is 0.735. The van der Waals surface area contributed by atoms with Gasteiger partial charge in [-0.1, -0.05) is 0 Å². The van der Waals surface area contributed by atoms with Crippen LogP contribution < -0.4 is 4.90 Å². The van der Waals surface area contributed by atoms with Crippen molar-refractivity contribution in [3.05, 3.63) is 29.8 Å². The molecule has 0 bridgehead atoms. The number of ether oxygens (including phenoxy) is 1. The van der Waals surface area contributed by atoms with Crippen LogP contribution in [-0.2, 0) is 4.74 Å². The first-order valence-corrected chi connectivity index (χ1v) is 6.36. The first kappa shape index (κ1) is 13.1. The van der Waals surface area contributed by atoms with Crippen LogP contribution in [0.3, 0.4) is 0 Å². The van der Waals surface area contributed by atoms with Crippen LogP contribution in [0.15, 0.2) is 24.3 Å². The van der Waals surface area contributed by atoms with Crippen LogP contribution in [0.5, 0.6) is 0 Å². The summed E-state index contributed by atoms with van der Waals surface area (Å²) < 4.78 is 5.33. The zero-order valence-corrected chi connectivity index (χ0v) is 10.8. The van der Waals surface area contributed by atoms with E-state index in [9.17, 15) is 4.79 Å². The van der Waals surface area contributed by atoms with E-state index >= 15 is 0 Å². The van der Waals surface area contributed by atoms with E-state index < -0.39 is 0 Å². The van der Waals surface area contributed by atoms with Gasteiger partial charge in [0.2, 0.25) is 0 Å². The largest absolute Gasteiger partial charge is 0.379 e. The molecule has 1 fully saturated rings. The number of aldehydes is 1. The lowest BCUT2D eigenvalue weighted by Gasteiger charge is -2.29. The Morgan fingerprint density at radius 1 is 1.28 bits per heavy atom. The van der Waals surface area contributed by atoms with Gasteiger partial charge in [-0.3, -0.25) is 9.69 Å². The molecule has 1 aromatic carbocycles. The molecule has 18 heavy (non-hydrogen) atoms. The standard InChI is InChI=1S/C14H20N2O2/c1-15(6-7-16-8-10-18-11-9-16)14-4-2-13(12-17)3-5-14/h2-5,12H,6-11H2,1H3. The molecule has 0 aliphatic carbocycles. The summed E-state index contributed by atoms with van der Waals surface area (Å²) in [6.45, 7) is 5.78. The van der Waals surface area contributed by atoms with Gasteiger partial charge in [0.05, 0.1) is 13.2 Å². The van der Waals surface area contributed by atoms with Crippen molar-refractivity contribution < 1.29 is 9.53 Å². The van der Waals surface area contributed by atoms with E-state index in [0.717, 1.165) is 56.9 Å². The van der Waals surface area contributed by atoms with Crippen molar-refractivity contribution in [3.63, 3.8) is 0 Å². The number of likely N-dealkylation sites (N-methyl/N-ethyl adjacent to an activating group) is 1. The summed E-state index contributed by atoms with van der Waals surface area (Å²) in [6.07, 6.45) is 0.873. The predicted molar refractivity (Wildman–Crippen MR) is 72.4 cm³/mol. The Labute approximate surface area is 108 Å². The van der Waals surface area contributed by atoms with Crippen molar-refractivity contribution in [2.75, 3.05) is 51.3 Å². The normalized spacial score (nSPS) is 16.5. The molecular formula is C14H20N2O2. The summed E-state index contributed by atoms with van der Waals surface area (Å²) in [6, 6.07) is 7.69. The number of hydrogen-bond donors (Lipinski definition) is 0. The molecule has 0 spiro atoms. The highest BCUT2D eigenvalue weighted by molar-refractivity contribution is 5.75. The zero-order valence-electron chi connectivity index (χ0n) is 10.8. The fraction of sp³-hybridized carbons (Fsp3) is 0.500. The summed E-state index contributed by atoms with van der Waals surface area (Å²) in [5.41, 5.74) is 1.87. The van der Waals surface area contributed by atoms with Crippen LogP contribution >= 0.6 is 0 Å². The number of carbonyl (C=O) groups is 1. The maximum absolute atomic E-state index is 10.6. The maximum atomic E-state index is 10.6. The Kier molecular flexibility index (Phi) is 4.73. The topological polar surface area (TPSA) is 32.8 Å². The minimum absolute atomic E-state index is 0.723. The van der Waals surface area contributed by atoms with E-state index in [2.05, 4.69) is 16.8 Å². The molecule has 2 rings (SSSR count). The predicted octanol–water partition coefficient (Wildman–Crippen LogP) is 1.27. The summed E-state index contributed by atoms with van der Waals surface area (Å²) >= 11 is 0. The summed E-state index contributed by atoms with van der Waals surface area (Å²) in [4.78, 5) is 15.2. The molecule has 0 unspecified atom stereocenters. The Hall–Kier alpha value is -1.39. The van der Waals surface area contributed by atoms with E-state index in [1.165, 1.54) is 0 Å². The molecular weight excluding hydrogens is 228 g/mol. The van der Waals surface area contributed by atoms with Crippen molar-refractivity contribution in [1.29, 1.82) is 0 Å². The lowest BCUT2D eigenvalue weighted by Crippen LogP contribution is -2.40. The number of nitrogens with zero attached hydrogens (tertiary/aromatic N) is 2. The van der Waals surface area contributed by atoms with Gasteiger partial charge in [-0.2, -0.15) is 0 Å². The maximum Gasteiger partial charge on any atom is 0.150 e. The van der Waals surface area contributed by atoms with Gasteiger partial charge in [0.1, 0.15) is 6.29 Å². The Morgan fingerprint density at radius 2 is 1.94 bits per heavy atom. The van der Waals surface area contributed by atoms with E-state index in [-0.39, 0.29) is 0 Å². The zero-order chi connectivity index (χ0) is 12.8. The van der Waals surface area contributed by atoms with Crippen LogP contribution in [-0.4, -0.2) is 57.6 Å². The highest BCUT2D eigenvalue weighted by Crippen LogP contribution is 2.12. The average Bonchev–Trinajstić information content (AvgIpc) is 2.46. The van der Waals surface area contributed by atoms with E-state index in [0.29, 0.717) is 0 Å². The van der Waals surface area contributed by atoms with Gasteiger partial charge in [0, 0.05) is 44.5 Å². The minimum Gasteiger partial charge on any atom is -0.379 e. The number of rotatable bonds is 5. The van der Waals surface area contributed by atoms with Crippen LogP contribution in [0, 0.1) is 0 Å².